The zero-order valence-corrected chi connectivity index (χ0v) is 8.56. The van der Waals surface area contributed by atoms with Crippen LogP contribution in [-0.2, 0) is 6.18 Å². The van der Waals surface area contributed by atoms with Gasteiger partial charge in [0.25, 0.3) is 0 Å². The maximum atomic E-state index is 12.3. The van der Waals surface area contributed by atoms with Crippen LogP contribution in [0.25, 0.3) is 0 Å². The van der Waals surface area contributed by atoms with E-state index in [1.54, 1.807) is 0 Å². The second-order valence-corrected chi connectivity index (χ2v) is 3.93. The molecule has 0 unspecified atom stereocenters. The molecule has 0 bridgehead atoms. The zero-order valence-electron chi connectivity index (χ0n) is 6.98. The van der Waals surface area contributed by atoms with Gasteiger partial charge in [-0.1, -0.05) is 0 Å². The van der Waals surface area contributed by atoms with E-state index in [0.717, 1.165) is 18.9 Å². The van der Waals surface area contributed by atoms with E-state index in [-0.39, 0.29) is 10.7 Å². The van der Waals surface area contributed by atoms with Crippen molar-refractivity contribution in [1.29, 1.82) is 0 Å². The molecule has 1 fully saturated rings. The van der Waals surface area contributed by atoms with Crippen LogP contribution in [0.1, 0.15) is 30.1 Å². The number of hydrogen-bond acceptors (Lipinski definition) is 2. The highest BCUT2D eigenvalue weighted by atomic mass is 79.9. The van der Waals surface area contributed by atoms with E-state index in [2.05, 4.69) is 25.9 Å². The Hall–Kier alpha value is -0.650. The van der Waals surface area contributed by atoms with E-state index in [1.165, 1.54) is 0 Å². The minimum Gasteiger partial charge on any atom is -0.227 e. The van der Waals surface area contributed by atoms with Crippen molar-refractivity contribution >= 4 is 15.9 Å². The summed E-state index contributed by atoms with van der Waals surface area (Å²) in [6, 6.07) is 1.03. The minimum absolute atomic E-state index is 0.00854. The van der Waals surface area contributed by atoms with Gasteiger partial charge in [-0.15, -0.1) is 0 Å². The average molecular weight is 267 g/mol. The lowest BCUT2D eigenvalue weighted by Crippen LogP contribution is -2.10. The summed E-state index contributed by atoms with van der Waals surface area (Å²) in [5.74, 6) is 0.190. The van der Waals surface area contributed by atoms with Gasteiger partial charge in [-0.3, -0.25) is 0 Å². The molecule has 0 atom stereocenters. The molecule has 2 rings (SSSR count). The van der Waals surface area contributed by atoms with Crippen LogP contribution in [0.5, 0.6) is 0 Å². The lowest BCUT2D eigenvalue weighted by molar-refractivity contribution is -0.141. The molecule has 1 saturated carbocycles. The van der Waals surface area contributed by atoms with Crippen LogP contribution in [0.3, 0.4) is 0 Å². The number of alkyl halides is 3. The van der Waals surface area contributed by atoms with Gasteiger partial charge in [-0.2, -0.15) is 13.2 Å². The van der Waals surface area contributed by atoms with Crippen LogP contribution in [0.4, 0.5) is 13.2 Å². The molecule has 0 amide bonds. The van der Waals surface area contributed by atoms with Gasteiger partial charge in [0.15, 0.2) is 4.73 Å². The molecule has 1 aromatic heterocycles. The highest BCUT2D eigenvalue weighted by Crippen LogP contribution is 2.40. The van der Waals surface area contributed by atoms with Crippen LogP contribution in [0.15, 0.2) is 10.8 Å². The molecule has 0 saturated heterocycles. The zero-order chi connectivity index (χ0) is 10.3. The number of rotatable bonds is 1. The Bertz CT molecular complexity index is 360. The summed E-state index contributed by atoms with van der Waals surface area (Å²) < 4.78 is 37.0. The van der Waals surface area contributed by atoms with Crippen molar-refractivity contribution in [2.24, 2.45) is 0 Å². The Morgan fingerprint density at radius 3 is 2.43 bits per heavy atom. The Balaban J connectivity index is 2.41. The lowest BCUT2D eigenvalue weighted by atomic mass is 10.2. The Morgan fingerprint density at radius 2 is 1.93 bits per heavy atom. The molecule has 6 heteroatoms. The highest BCUT2D eigenvalue weighted by Gasteiger charge is 2.35. The first kappa shape index (κ1) is 9.89. The molecule has 1 aromatic rings. The monoisotopic (exact) mass is 266 g/mol. The molecule has 0 aromatic carbocycles. The quantitative estimate of drug-likeness (QED) is 0.730. The molecule has 1 aliphatic carbocycles. The van der Waals surface area contributed by atoms with Crippen LogP contribution in [0, 0.1) is 0 Å². The summed E-state index contributed by atoms with van der Waals surface area (Å²) in [4.78, 5) is 7.21. The Labute approximate surface area is 86.7 Å². The predicted molar refractivity (Wildman–Crippen MR) is 46.7 cm³/mol. The summed E-state index contributed by atoms with van der Waals surface area (Å²) in [6.07, 6.45) is -2.56. The third-order valence-electron chi connectivity index (χ3n) is 2.00. The van der Waals surface area contributed by atoms with E-state index in [9.17, 15) is 13.2 Å². The lowest BCUT2D eigenvalue weighted by Gasteiger charge is -2.07. The summed E-state index contributed by atoms with van der Waals surface area (Å²) in [5.41, 5.74) is -0.388. The molecule has 0 radical (unpaired) electrons. The third kappa shape index (κ3) is 2.05. The average Bonchev–Trinajstić information content (AvgIpc) is 2.83. The van der Waals surface area contributed by atoms with Crippen molar-refractivity contribution in [1.82, 2.24) is 9.97 Å². The normalized spacial score (nSPS) is 17.1. The van der Waals surface area contributed by atoms with Gasteiger partial charge < -0.3 is 0 Å². The smallest absolute Gasteiger partial charge is 0.227 e. The molecule has 0 N–H and O–H groups in total. The maximum absolute atomic E-state index is 12.3. The van der Waals surface area contributed by atoms with Gasteiger partial charge >= 0.3 is 6.18 Å². The predicted octanol–water partition coefficient (Wildman–Crippen LogP) is 3.14. The van der Waals surface area contributed by atoms with Gasteiger partial charge in [0.1, 0.15) is 5.69 Å². The van der Waals surface area contributed by atoms with Gasteiger partial charge in [-0.05, 0) is 34.8 Å². The number of nitrogens with zero attached hydrogens (tertiary/aromatic N) is 2. The van der Waals surface area contributed by atoms with Gasteiger partial charge in [-0.25, -0.2) is 9.97 Å². The van der Waals surface area contributed by atoms with Crippen LogP contribution >= 0.6 is 15.9 Å². The fourth-order valence-corrected chi connectivity index (χ4v) is 1.56. The molecule has 1 aliphatic rings. The first-order chi connectivity index (χ1) is 6.47. The van der Waals surface area contributed by atoms with E-state index in [0.29, 0.717) is 5.69 Å². The third-order valence-corrected chi connectivity index (χ3v) is 2.36. The Morgan fingerprint density at radius 1 is 1.29 bits per heavy atom. The topological polar surface area (TPSA) is 25.8 Å². The van der Waals surface area contributed by atoms with Crippen LogP contribution < -0.4 is 0 Å². The number of halogens is 4. The van der Waals surface area contributed by atoms with E-state index in [1.807, 2.05) is 0 Å². The first-order valence-corrected chi connectivity index (χ1v) is 4.88. The van der Waals surface area contributed by atoms with Crippen molar-refractivity contribution in [3.05, 3.63) is 22.2 Å². The maximum Gasteiger partial charge on any atom is 0.433 e. The second-order valence-electron chi connectivity index (χ2n) is 3.22. The van der Waals surface area contributed by atoms with Crippen molar-refractivity contribution in [2.75, 3.05) is 0 Å². The summed E-state index contributed by atoms with van der Waals surface area (Å²) in [6.45, 7) is 0. The van der Waals surface area contributed by atoms with Crippen molar-refractivity contribution in [3.8, 4) is 0 Å². The van der Waals surface area contributed by atoms with Crippen molar-refractivity contribution in [3.63, 3.8) is 0 Å². The van der Waals surface area contributed by atoms with Gasteiger partial charge in [0.05, 0.1) is 0 Å². The molecule has 2 nitrogen and oxygen atoms in total. The molecular formula is C8H6BrF3N2. The standard InChI is InChI=1S/C8H6BrF3N2/c9-7-13-5(4-1-2-4)3-6(14-7)8(10,11)12/h3-4H,1-2H2. The SMILES string of the molecule is FC(F)(F)c1cc(C2CC2)nc(Br)n1. The molecule has 14 heavy (non-hydrogen) atoms. The highest BCUT2D eigenvalue weighted by molar-refractivity contribution is 9.10. The largest absolute Gasteiger partial charge is 0.433 e. The van der Waals surface area contributed by atoms with Crippen LogP contribution in [-0.4, -0.2) is 9.97 Å². The van der Waals surface area contributed by atoms with Crippen molar-refractivity contribution in [2.45, 2.75) is 24.9 Å². The molecule has 0 spiro atoms. The fraction of sp³-hybridized carbons (Fsp3) is 0.500. The minimum atomic E-state index is -4.39. The van der Waals surface area contributed by atoms with Gasteiger partial charge in [0.2, 0.25) is 0 Å². The number of aromatic nitrogens is 2. The molecule has 1 heterocycles. The van der Waals surface area contributed by atoms with Gasteiger partial charge in [0, 0.05) is 11.6 Å². The summed E-state index contributed by atoms with van der Waals surface area (Å²) in [7, 11) is 0. The van der Waals surface area contributed by atoms with Crippen LogP contribution in [0.2, 0.25) is 0 Å². The van der Waals surface area contributed by atoms with Crippen molar-refractivity contribution < 1.29 is 13.2 Å². The molecule has 76 valence electrons. The first-order valence-electron chi connectivity index (χ1n) is 4.08. The number of hydrogen-bond donors (Lipinski definition) is 0. The fourth-order valence-electron chi connectivity index (χ4n) is 1.17. The molecular weight excluding hydrogens is 261 g/mol. The summed E-state index contributed by atoms with van der Waals surface area (Å²) in [5, 5.41) is 0. The second kappa shape index (κ2) is 3.18. The van der Waals surface area contributed by atoms with E-state index in [4.69, 9.17) is 0 Å². The van der Waals surface area contributed by atoms with E-state index < -0.39 is 11.9 Å². The Kier molecular flexibility index (Phi) is 2.25. The summed E-state index contributed by atoms with van der Waals surface area (Å²) >= 11 is 2.88. The van der Waals surface area contributed by atoms with E-state index >= 15 is 0 Å². The molecule has 0 aliphatic heterocycles.